The smallest absolute Gasteiger partial charge is 0.314 e. The van der Waals surface area contributed by atoms with Gasteiger partial charge in [0.15, 0.2) is 5.75 Å². The lowest BCUT2D eigenvalue weighted by atomic mass is 9.86. The predicted molar refractivity (Wildman–Crippen MR) is 69.5 cm³/mol. The summed E-state index contributed by atoms with van der Waals surface area (Å²) in [5, 5.41) is 0.605. The monoisotopic (exact) mass is 312 g/mol. The molecule has 0 radical (unpaired) electrons. The van der Waals surface area contributed by atoms with Gasteiger partial charge in [-0.25, -0.2) is 0 Å². The topological polar surface area (TPSA) is 26.3 Å². The number of benzene rings is 1. The minimum absolute atomic E-state index is 0.0587. The lowest BCUT2D eigenvalue weighted by molar-refractivity contribution is -0.141. The first kappa shape index (κ1) is 13.3. The average Bonchev–Trinajstić information content (AvgIpc) is 2.19. The summed E-state index contributed by atoms with van der Waals surface area (Å²) in [6.07, 6.45) is 2.73. The minimum Gasteiger partial charge on any atom is -0.423 e. The molecular formula is C11H8Cl4O2. The van der Waals surface area contributed by atoms with E-state index < -0.39 is 0 Å². The van der Waals surface area contributed by atoms with E-state index in [4.69, 9.17) is 51.1 Å². The summed E-state index contributed by atoms with van der Waals surface area (Å²) in [5.41, 5.74) is 0. The molecule has 1 aromatic rings. The van der Waals surface area contributed by atoms with Gasteiger partial charge in [0.05, 0.1) is 21.0 Å². The first-order chi connectivity index (χ1) is 8.00. The first-order valence-corrected chi connectivity index (χ1v) is 6.56. The molecule has 1 aliphatic carbocycles. The third-order valence-corrected chi connectivity index (χ3v) is 4.24. The van der Waals surface area contributed by atoms with Gasteiger partial charge < -0.3 is 4.74 Å². The number of ether oxygens (including phenoxy) is 1. The van der Waals surface area contributed by atoms with Crippen LogP contribution in [0.25, 0.3) is 0 Å². The number of esters is 1. The molecule has 0 aromatic heterocycles. The van der Waals surface area contributed by atoms with E-state index in [0.29, 0.717) is 0 Å². The number of hydrogen-bond acceptors (Lipinski definition) is 2. The maximum absolute atomic E-state index is 11.7. The number of hydrogen-bond donors (Lipinski definition) is 0. The quantitative estimate of drug-likeness (QED) is 0.332. The highest BCUT2D eigenvalue weighted by Crippen LogP contribution is 2.43. The second kappa shape index (κ2) is 5.23. The van der Waals surface area contributed by atoms with Gasteiger partial charge in [-0.2, -0.15) is 0 Å². The molecule has 2 nitrogen and oxygen atoms in total. The lowest BCUT2D eigenvalue weighted by Crippen LogP contribution is -2.26. The van der Waals surface area contributed by atoms with Crippen LogP contribution in [0.1, 0.15) is 19.3 Å². The largest absolute Gasteiger partial charge is 0.423 e. The Morgan fingerprint density at radius 2 is 1.76 bits per heavy atom. The van der Waals surface area contributed by atoms with Gasteiger partial charge >= 0.3 is 5.97 Å². The Hall–Kier alpha value is -0.150. The van der Waals surface area contributed by atoms with Gasteiger partial charge in [-0.1, -0.05) is 52.8 Å². The van der Waals surface area contributed by atoms with Crippen LogP contribution in [0.5, 0.6) is 5.75 Å². The highest BCUT2D eigenvalue weighted by atomic mass is 35.5. The van der Waals surface area contributed by atoms with Gasteiger partial charge in [-0.3, -0.25) is 4.79 Å². The average molecular weight is 314 g/mol. The summed E-state index contributed by atoms with van der Waals surface area (Å²) in [7, 11) is 0. The standard InChI is InChI=1S/C11H8Cl4O2/c12-6-4-7(13)10(9(15)8(6)14)17-11(16)5-2-1-3-5/h4-5H,1-3H2. The van der Waals surface area contributed by atoms with E-state index >= 15 is 0 Å². The lowest BCUT2D eigenvalue weighted by Gasteiger charge is -2.23. The molecule has 1 saturated carbocycles. The fourth-order valence-corrected chi connectivity index (χ4v) is 2.45. The predicted octanol–water partition coefficient (Wildman–Crippen LogP) is 5.01. The van der Waals surface area contributed by atoms with Gasteiger partial charge in [0.25, 0.3) is 0 Å². The Morgan fingerprint density at radius 1 is 1.12 bits per heavy atom. The third kappa shape index (κ3) is 2.65. The molecule has 1 aliphatic rings. The molecule has 0 aliphatic heterocycles. The molecule has 0 N–H and O–H groups in total. The Morgan fingerprint density at radius 3 is 2.29 bits per heavy atom. The fourth-order valence-electron chi connectivity index (χ4n) is 1.47. The van der Waals surface area contributed by atoms with Gasteiger partial charge in [0.1, 0.15) is 5.02 Å². The number of halogens is 4. The van der Waals surface area contributed by atoms with E-state index in [1.165, 1.54) is 6.07 Å². The van der Waals surface area contributed by atoms with Crippen LogP contribution >= 0.6 is 46.4 Å². The van der Waals surface area contributed by atoms with Crippen molar-refractivity contribution in [3.8, 4) is 5.75 Å². The summed E-state index contributed by atoms with van der Waals surface area (Å²) >= 11 is 23.5. The van der Waals surface area contributed by atoms with Gasteiger partial charge in [-0.05, 0) is 18.9 Å². The van der Waals surface area contributed by atoms with Gasteiger partial charge in [0.2, 0.25) is 0 Å². The molecule has 0 amide bonds. The van der Waals surface area contributed by atoms with Crippen LogP contribution in [0.2, 0.25) is 20.1 Å². The Bertz CT molecular complexity index is 469. The second-order valence-corrected chi connectivity index (χ2v) is 5.42. The summed E-state index contributed by atoms with van der Waals surface area (Å²) in [4.78, 5) is 11.7. The molecular weight excluding hydrogens is 306 g/mol. The van der Waals surface area contributed by atoms with Crippen LogP contribution in [0, 0.1) is 5.92 Å². The summed E-state index contributed by atoms with van der Waals surface area (Å²) in [6.45, 7) is 0. The summed E-state index contributed by atoms with van der Waals surface area (Å²) < 4.78 is 5.17. The van der Waals surface area contributed by atoms with Crippen LogP contribution in [0.4, 0.5) is 0 Å². The Labute approximate surface area is 119 Å². The molecule has 1 aromatic carbocycles. The molecule has 0 atom stereocenters. The Balaban J connectivity index is 2.26. The highest BCUT2D eigenvalue weighted by Gasteiger charge is 2.28. The van der Waals surface area contributed by atoms with Crippen LogP contribution in [0.15, 0.2) is 6.07 Å². The molecule has 92 valence electrons. The second-order valence-electron chi connectivity index (χ2n) is 3.85. The van der Waals surface area contributed by atoms with E-state index in [0.717, 1.165) is 19.3 Å². The molecule has 0 spiro atoms. The van der Waals surface area contributed by atoms with Crippen molar-refractivity contribution < 1.29 is 9.53 Å². The molecule has 0 saturated heterocycles. The van der Waals surface area contributed by atoms with Crippen molar-refractivity contribution in [2.24, 2.45) is 5.92 Å². The molecule has 0 bridgehead atoms. The van der Waals surface area contributed by atoms with Crippen molar-refractivity contribution in [1.82, 2.24) is 0 Å². The zero-order valence-electron chi connectivity index (χ0n) is 8.60. The molecule has 0 heterocycles. The van der Waals surface area contributed by atoms with Crippen molar-refractivity contribution in [3.63, 3.8) is 0 Å². The molecule has 1 fully saturated rings. The van der Waals surface area contributed by atoms with Crippen molar-refractivity contribution in [2.75, 3.05) is 0 Å². The van der Waals surface area contributed by atoms with Crippen LogP contribution in [-0.4, -0.2) is 5.97 Å². The van der Waals surface area contributed by atoms with Gasteiger partial charge in [0, 0.05) is 0 Å². The SMILES string of the molecule is O=C(Oc1c(Cl)cc(Cl)c(Cl)c1Cl)C1CCC1. The fraction of sp³-hybridized carbons (Fsp3) is 0.364. The zero-order valence-corrected chi connectivity index (χ0v) is 11.6. The normalized spacial score (nSPS) is 15.5. The number of carbonyl (C=O) groups is 1. The van der Waals surface area contributed by atoms with Gasteiger partial charge in [-0.15, -0.1) is 0 Å². The van der Waals surface area contributed by atoms with Crippen LogP contribution < -0.4 is 4.74 Å². The highest BCUT2D eigenvalue weighted by molar-refractivity contribution is 6.50. The van der Waals surface area contributed by atoms with Crippen molar-refractivity contribution in [2.45, 2.75) is 19.3 Å². The minimum atomic E-state index is -0.321. The van der Waals surface area contributed by atoms with Crippen molar-refractivity contribution in [3.05, 3.63) is 26.2 Å². The molecule has 0 unspecified atom stereocenters. The molecule has 17 heavy (non-hydrogen) atoms. The van der Waals surface area contributed by atoms with Crippen molar-refractivity contribution in [1.29, 1.82) is 0 Å². The van der Waals surface area contributed by atoms with Crippen LogP contribution in [0.3, 0.4) is 0 Å². The van der Waals surface area contributed by atoms with E-state index in [-0.39, 0.29) is 37.7 Å². The summed E-state index contributed by atoms with van der Waals surface area (Å²) in [5.74, 6) is -0.297. The number of carbonyl (C=O) groups excluding carboxylic acids is 1. The summed E-state index contributed by atoms with van der Waals surface area (Å²) in [6, 6.07) is 1.40. The van der Waals surface area contributed by atoms with E-state index in [1.54, 1.807) is 0 Å². The zero-order chi connectivity index (χ0) is 12.6. The van der Waals surface area contributed by atoms with Crippen molar-refractivity contribution >= 4 is 52.4 Å². The van der Waals surface area contributed by atoms with Crippen LogP contribution in [-0.2, 0) is 4.79 Å². The third-order valence-electron chi connectivity index (χ3n) is 2.71. The molecule has 6 heteroatoms. The maximum Gasteiger partial charge on any atom is 0.314 e. The van der Waals surface area contributed by atoms with E-state index in [1.807, 2.05) is 0 Å². The van der Waals surface area contributed by atoms with E-state index in [2.05, 4.69) is 0 Å². The van der Waals surface area contributed by atoms with E-state index in [9.17, 15) is 4.79 Å². The first-order valence-electron chi connectivity index (χ1n) is 5.05. The Kier molecular flexibility index (Phi) is 4.09. The number of rotatable bonds is 2. The maximum atomic E-state index is 11.7. The molecule has 2 rings (SSSR count).